The average molecular weight is 295 g/mol. The van der Waals surface area contributed by atoms with E-state index in [2.05, 4.69) is 26.2 Å². The normalized spacial score (nSPS) is 10.2. The summed E-state index contributed by atoms with van der Waals surface area (Å²) in [5, 5.41) is 2.94. The molecule has 0 aliphatic heterocycles. The molecule has 88 valence electrons. The zero-order valence-electron chi connectivity index (χ0n) is 9.14. The standard InChI is InChI=1S/C11H11BrN4O/c1-16-6-9(12)15-10(11(16)17)14-8-4-2-3-7(13)5-8/h2-6H,13H2,1H3,(H,14,15). The molecule has 0 fully saturated rings. The minimum atomic E-state index is -0.198. The number of hydrogen-bond donors (Lipinski definition) is 2. The van der Waals surface area contributed by atoms with Crippen LogP contribution in [0.3, 0.4) is 0 Å². The van der Waals surface area contributed by atoms with Crippen molar-refractivity contribution < 1.29 is 0 Å². The Bertz CT molecular complexity index is 609. The van der Waals surface area contributed by atoms with Gasteiger partial charge in [-0.25, -0.2) is 4.98 Å². The van der Waals surface area contributed by atoms with Crippen molar-refractivity contribution in [2.24, 2.45) is 7.05 Å². The van der Waals surface area contributed by atoms with Gasteiger partial charge in [-0.05, 0) is 34.1 Å². The number of nitrogens with zero attached hydrogens (tertiary/aromatic N) is 2. The van der Waals surface area contributed by atoms with Crippen LogP contribution < -0.4 is 16.6 Å². The van der Waals surface area contributed by atoms with Crippen LogP contribution in [0.2, 0.25) is 0 Å². The molecule has 1 aromatic heterocycles. The SMILES string of the molecule is Cn1cc(Br)nc(Nc2cccc(N)c2)c1=O. The third-order valence-corrected chi connectivity index (χ3v) is 2.57. The summed E-state index contributed by atoms with van der Waals surface area (Å²) in [5.41, 5.74) is 6.81. The minimum absolute atomic E-state index is 0.198. The first-order valence-electron chi connectivity index (χ1n) is 4.92. The molecule has 3 N–H and O–H groups in total. The number of nitrogen functional groups attached to an aromatic ring is 1. The van der Waals surface area contributed by atoms with Gasteiger partial charge in [0, 0.05) is 24.6 Å². The lowest BCUT2D eigenvalue weighted by Crippen LogP contribution is -2.21. The second kappa shape index (κ2) is 4.58. The highest BCUT2D eigenvalue weighted by Gasteiger charge is 2.05. The number of aryl methyl sites for hydroxylation is 1. The molecule has 6 heteroatoms. The van der Waals surface area contributed by atoms with Gasteiger partial charge < -0.3 is 15.6 Å². The van der Waals surface area contributed by atoms with E-state index in [1.165, 1.54) is 4.57 Å². The average Bonchev–Trinajstić information content (AvgIpc) is 2.25. The third kappa shape index (κ3) is 2.65. The molecule has 0 aliphatic rings. The number of hydrogen-bond acceptors (Lipinski definition) is 4. The molecule has 0 unspecified atom stereocenters. The highest BCUT2D eigenvalue weighted by molar-refractivity contribution is 9.10. The van der Waals surface area contributed by atoms with Gasteiger partial charge in [-0.3, -0.25) is 4.79 Å². The predicted molar refractivity (Wildman–Crippen MR) is 71.3 cm³/mol. The van der Waals surface area contributed by atoms with Crippen molar-refractivity contribution in [2.75, 3.05) is 11.1 Å². The van der Waals surface area contributed by atoms with Gasteiger partial charge in [-0.2, -0.15) is 0 Å². The molecule has 0 bridgehead atoms. The zero-order chi connectivity index (χ0) is 12.4. The smallest absolute Gasteiger partial charge is 0.293 e. The fourth-order valence-corrected chi connectivity index (χ4v) is 1.89. The Labute approximate surface area is 106 Å². The van der Waals surface area contributed by atoms with Crippen LogP contribution in [-0.2, 0) is 7.05 Å². The summed E-state index contributed by atoms with van der Waals surface area (Å²) in [6, 6.07) is 7.14. The summed E-state index contributed by atoms with van der Waals surface area (Å²) in [5.74, 6) is 0.257. The summed E-state index contributed by atoms with van der Waals surface area (Å²) >= 11 is 3.24. The molecule has 1 aromatic carbocycles. The van der Waals surface area contributed by atoms with E-state index in [-0.39, 0.29) is 11.4 Å². The summed E-state index contributed by atoms with van der Waals surface area (Å²) < 4.78 is 2.04. The topological polar surface area (TPSA) is 72.9 Å². The van der Waals surface area contributed by atoms with Crippen LogP contribution >= 0.6 is 15.9 Å². The quantitative estimate of drug-likeness (QED) is 0.830. The molecule has 2 rings (SSSR count). The Balaban J connectivity index is 2.40. The van der Waals surface area contributed by atoms with E-state index in [0.29, 0.717) is 10.3 Å². The van der Waals surface area contributed by atoms with Crippen molar-refractivity contribution in [3.63, 3.8) is 0 Å². The Morgan fingerprint density at radius 1 is 1.47 bits per heavy atom. The number of anilines is 3. The van der Waals surface area contributed by atoms with Gasteiger partial charge in [0.05, 0.1) is 0 Å². The van der Waals surface area contributed by atoms with E-state index in [4.69, 9.17) is 5.73 Å². The summed E-state index contributed by atoms with van der Waals surface area (Å²) in [6.45, 7) is 0. The van der Waals surface area contributed by atoms with Gasteiger partial charge in [0.2, 0.25) is 0 Å². The fourth-order valence-electron chi connectivity index (χ4n) is 1.40. The maximum Gasteiger partial charge on any atom is 0.293 e. The lowest BCUT2D eigenvalue weighted by Gasteiger charge is -2.07. The van der Waals surface area contributed by atoms with Crippen molar-refractivity contribution in [1.82, 2.24) is 9.55 Å². The molecule has 0 saturated heterocycles. The van der Waals surface area contributed by atoms with Gasteiger partial charge in [-0.1, -0.05) is 6.07 Å². The van der Waals surface area contributed by atoms with Gasteiger partial charge in [-0.15, -0.1) is 0 Å². The van der Waals surface area contributed by atoms with Crippen LogP contribution in [0.25, 0.3) is 0 Å². The van der Waals surface area contributed by atoms with Gasteiger partial charge in [0.15, 0.2) is 5.82 Å². The first-order valence-corrected chi connectivity index (χ1v) is 5.71. The molecule has 0 amide bonds. The molecule has 0 radical (unpaired) electrons. The second-order valence-electron chi connectivity index (χ2n) is 3.58. The van der Waals surface area contributed by atoms with Crippen molar-refractivity contribution in [2.45, 2.75) is 0 Å². The number of benzene rings is 1. The minimum Gasteiger partial charge on any atom is -0.399 e. The van der Waals surface area contributed by atoms with Crippen molar-refractivity contribution in [1.29, 1.82) is 0 Å². The maximum atomic E-state index is 11.8. The van der Waals surface area contributed by atoms with Gasteiger partial charge >= 0.3 is 0 Å². The van der Waals surface area contributed by atoms with Crippen molar-refractivity contribution in [3.05, 3.63) is 45.4 Å². The number of aromatic nitrogens is 2. The van der Waals surface area contributed by atoms with Crippen LogP contribution in [0.1, 0.15) is 0 Å². The van der Waals surface area contributed by atoms with Gasteiger partial charge in [0.25, 0.3) is 5.56 Å². The molecular formula is C11H11BrN4O. The van der Waals surface area contributed by atoms with E-state index in [1.807, 2.05) is 6.07 Å². The van der Waals surface area contributed by atoms with Crippen LogP contribution in [0.5, 0.6) is 0 Å². The molecule has 0 saturated carbocycles. The second-order valence-corrected chi connectivity index (χ2v) is 4.39. The van der Waals surface area contributed by atoms with Crippen LogP contribution in [0.15, 0.2) is 39.9 Å². The highest BCUT2D eigenvalue weighted by atomic mass is 79.9. The van der Waals surface area contributed by atoms with Gasteiger partial charge in [0.1, 0.15) is 4.60 Å². The molecule has 0 aliphatic carbocycles. The van der Waals surface area contributed by atoms with E-state index >= 15 is 0 Å². The lowest BCUT2D eigenvalue weighted by atomic mass is 10.3. The maximum absolute atomic E-state index is 11.8. The Kier molecular flexibility index (Phi) is 3.14. The van der Waals surface area contributed by atoms with Crippen LogP contribution in [0, 0.1) is 0 Å². The Morgan fingerprint density at radius 3 is 2.94 bits per heavy atom. The Hall–Kier alpha value is -1.82. The lowest BCUT2D eigenvalue weighted by molar-refractivity contribution is 0.837. The fraction of sp³-hybridized carbons (Fsp3) is 0.0909. The molecule has 5 nitrogen and oxygen atoms in total. The molecular weight excluding hydrogens is 284 g/mol. The predicted octanol–water partition coefficient (Wildman–Crippen LogP) is 1.87. The number of nitrogens with two attached hydrogens (primary N) is 1. The van der Waals surface area contributed by atoms with Crippen LogP contribution in [-0.4, -0.2) is 9.55 Å². The zero-order valence-corrected chi connectivity index (χ0v) is 10.7. The first-order chi connectivity index (χ1) is 8.06. The number of nitrogens with one attached hydrogen (secondary N) is 1. The highest BCUT2D eigenvalue weighted by Crippen LogP contribution is 2.16. The summed E-state index contributed by atoms with van der Waals surface area (Å²) in [4.78, 5) is 15.9. The van der Waals surface area contributed by atoms with Crippen LogP contribution in [0.4, 0.5) is 17.2 Å². The molecule has 17 heavy (non-hydrogen) atoms. The van der Waals surface area contributed by atoms with E-state index < -0.39 is 0 Å². The number of rotatable bonds is 2. The summed E-state index contributed by atoms with van der Waals surface area (Å²) in [7, 11) is 1.67. The van der Waals surface area contributed by atoms with E-state index in [0.717, 1.165) is 5.69 Å². The van der Waals surface area contributed by atoms with Crippen molar-refractivity contribution >= 4 is 33.1 Å². The Morgan fingerprint density at radius 2 is 2.24 bits per heavy atom. The summed E-state index contributed by atoms with van der Waals surface area (Å²) in [6.07, 6.45) is 1.60. The first kappa shape index (κ1) is 11.7. The molecule has 1 heterocycles. The third-order valence-electron chi connectivity index (χ3n) is 2.19. The largest absolute Gasteiger partial charge is 0.399 e. The molecule has 0 atom stereocenters. The van der Waals surface area contributed by atoms with Crippen molar-refractivity contribution in [3.8, 4) is 0 Å². The number of halogens is 1. The molecule has 0 spiro atoms. The monoisotopic (exact) mass is 294 g/mol. The van der Waals surface area contributed by atoms with E-state index in [1.54, 1.807) is 31.4 Å². The van der Waals surface area contributed by atoms with E-state index in [9.17, 15) is 4.79 Å². The molecule has 2 aromatic rings.